The minimum absolute atomic E-state index is 0.132. The van der Waals surface area contributed by atoms with Crippen molar-refractivity contribution < 1.29 is 9.53 Å². The molecule has 24 heavy (non-hydrogen) atoms. The monoisotopic (exact) mass is 335 g/mol. The third kappa shape index (κ3) is 5.28. The summed E-state index contributed by atoms with van der Waals surface area (Å²) in [5, 5.41) is 0. The first-order valence-electron chi connectivity index (χ1n) is 8.36. The highest BCUT2D eigenvalue weighted by Gasteiger charge is 2.23. The van der Waals surface area contributed by atoms with Gasteiger partial charge in [-0.05, 0) is 51.3 Å². The Kier molecular flexibility index (Phi) is 5.90. The molecular formula is C17H29N5O2. The quantitative estimate of drug-likeness (QED) is 0.493. The topological polar surface area (TPSA) is 106 Å². The number of nitrogens with one attached hydrogen (secondary N) is 2. The third-order valence-corrected chi connectivity index (χ3v) is 3.87. The number of anilines is 2. The number of hydrazine groups is 1. The smallest absolute Gasteiger partial charge is 0.422 e. The zero-order chi connectivity index (χ0) is 17.7. The Balaban J connectivity index is 1.93. The highest BCUT2D eigenvalue weighted by molar-refractivity contribution is 5.69. The van der Waals surface area contributed by atoms with Crippen LogP contribution >= 0.6 is 0 Å². The number of benzene rings is 1. The summed E-state index contributed by atoms with van der Waals surface area (Å²) in [4.78, 5) is 14.0. The fourth-order valence-corrected chi connectivity index (χ4v) is 2.77. The van der Waals surface area contributed by atoms with Crippen molar-refractivity contribution in [2.45, 2.75) is 51.8 Å². The molecule has 1 saturated heterocycles. The lowest BCUT2D eigenvalue weighted by atomic mass is 10.0. The number of ether oxygens (including phenoxy) is 1. The molecule has 1 fully saturated rings. The number of piperidine rings is 1. The average Bonchev–Trinajstić information content (AvgIpc) is 2.52. The van der Waals surface area contributed by atoms with E-state index in [2.05, 4.69) is 15.8 Å². The van der Waals surface area contributed by atoms with Crippen LogP contribution in [0, 0.1) is 0 Å². The van der Waals surface area contributed by atoms with Crippen molar-refractivity contribution in [2.75, 3.05) is 23.7 Å². The number of hydrogen-bond acceptors (Lipinski definition) is 6. The van der Waals surface area contributed by atoms with E-state index in [0.29, 0.717) is 6.54 Å². The molecule has 1 aromatic carbocycles. The molecule has 1 atom stereocenters. The SMILES string of the molecule is CC(C)(C)OC(=O)NNC1CCCN(c2cc(CN)ccc2N)C1. The largest absolute Gasteiger partial charge is 0.443 e. The van der Waals surface area contributed by atoms with Gasteiger partial charge in [-0.3, -0.25) is 5.43 Å². The molecule has 0 spiro atoms. The Bertz CT molecular complexity index is 571. The Morgan fingerprint density at radius 1 is 1.42 bits per heavy atom. The second kappa shape index (κ2) is 7.72. The van der Waals surface area contributed by atoms with Crippen molar-refractivity contribution >= 4 is 17.5 Å². The third-order valence-electron chi connectivity index (χ3n) is 3.87. The molecule has 0 saturated carbocycles. The number of nitrogen functional groups attached to an aromatic ring is 1. The molecule has 7 nitrogen and oxygen atoms in total. The summed E-state index contributed by atoms with van der Waals surface area (Å²) in [6.45, 7) is 7.69. The Hall–Kier alpha value is -1.99. The van der Waals surface area contributed by atoms with E-state index in [4.69, 9.17) is 16.2 Å². The molecule has 0 bridgehead atoms. The van der Waals surface area contributed by atoms with E-state index in [0.717, 1.165) is 42.9 Å². The first-order chi connectivity index (χ1) is 11.3. The van der Waals surface area contributed by atoms with E-state index < -0.39 is 11.7 Å². The number of rotatable bonds is 4. The predicted molar refractivity (Wildman–Crippen MR) is 96.5 cm³/mol. The van der Waals surface area contributed by atoms with Crippen molar-refractivity contribution in [3.8, 4) is 0 Å². The van der Waals surface area contributed by atoms with Crippen molar-refractivity contribution in [2.24, 2.45) is 5.73 Å². The standard InChI is InChI=1S/C17H29N5O2/c1-17(2,3)24-16(23)21-20-13-5-4-8-22(11-13)15-9-12(10-18)6-7-14(15)19/h6-7,9,13,20H,4-5,8,10-11,18-19H2,1-3H3,(H,21,23). The second-order valence-corrected chi connectivity index (χ2v) is 7.15. The first kappa shape index (κ1) is 18.4. The van der Waals surface area contributed by atoms with E-state index in [1.165, 1.54) is 0 Å². The van der Waals surface area contributed by atoms with Gasteiger partial charge in [-0.1, -0.05) is 6.07 Å². The summed E-state index contributed by atoms with van der Waals surface area (Å²) in [6, 6.07) is 6.02. The van der Waals surface area contributed by atoms with Gasteiger partial charge in [-0.2, -0.15) is 0 Å². The van der Waals surface area contributed by atoms with Crippen LogP contribution in [0.2, 0.25) is 0 Å². The Morgan fingerprint density at radius 3 is 2.83 bits per heavy atom. The number of carbonyl (C=O) groups is 1. The highest BCUT2D eigenvalue weighted by Crippen LogP contribution is 2.27. The zero-order valence-electron chi connectivity index (χ0n) is 14.8. The number of amides is 1. The fraction of sp³-hybridized carbons (Fsp3) is 0.588. The van der Waals surface area contributed by atoms with Crippen molar-refractivity contribution in [3.63, 3.8) is 0 Å². The van der Waals surface area contributed by atoms with E-state index in [1.807, 2.05) is 39.0 Å². The van der Waals surface area contributed by atoms with Crippen LogP contribution < -0.4 is 27.2 Å². The predicted octanol–water partition coefficient (Wildman–Crippen LogP) is 1.73. The Morgan fingerprint density at radius 2 is 2.17 bits per heavy atom. The van der Waals surface area contributed by atoms with Gasteiger partial charge in [0.2, 0.25) is 0 Å². The van der Waals surface area contributed by atoms with Crippen LogP contribution in [0.4, 0.5) is 16.2 Å². The highest BCUT2D eigenvalue weighted by atomic mass is 16.6. The van der Waals surface area contributed by atoms with E-state index in [1.54, 1.807) is 0 Å². The van der Waals surface area contributed by atoms with Crippen LogP contribution in [-0.4, -0.2) is 30.8 Å². The molecule has 1 heterocycles. The molecule has 0 radical (unpaired) electrons. The van der Waals surface area contributed by atoms with Gasteiger partial charge in [-0.15, -0.1) is 0 Å². The first-order valence-corrected chi connectivity index (χ1v) is 8.36. The average molecular weight is 335 g/mol. The lowest BCUT2D eigenvalue weighted by molar-refractivity contribution is 0.0485. The number of hydrogen-bond donors (Lipinski definition) is 4. The maximum absolute atomic E-state index is 11.7. The van der Waals surface area contributed by atoms with Gasteiger partial charge in [0.1, 0.15) is 5.60 Å². The molecule has 1 aliphatic rings. The summed E-state index contributed by atoms with van der Waals surface area (Å²) in [7, 11) is 0. The van der Waals surface area contributed by atoms with Crippen molar-refractivity contribution in [1.82, 2.24) is 10.9 Å². The molecule has 1 amide bonds. The van der Waals surface area contributed by atoms with Gasteiger partial charge in [0.15, 0.2) is 0 Å². The number of nitrogens with zero attached hydrogens (tertiary/aromatic N) is 1. The summed E-state index contributed by atoms with van der Waals surface area (Å²) >= 11 is 0. The molecule has 0 aliphatic carbocycles. The summed E-state index contributed by atoms with van der Waals surface area (Å²) in [5.41, 5.74) is 19.8. The summed E-state index contributed by atoms with van der Waals surface area (Å²) in [5.74, 6) is 0. The zero-order valence-corrected chi connectivity index (χ0v) is 14.8. The lowest BCUT2D eigenvalue weighted by Crippen LogP contribution is -2.53. The molecule has 1 aromatic rings. The van der Waals surface area contributed by atoms with Crippen LogP contribution in [0.1, 0.15) is 39.2 Å². The van der Waals surface area contributed by atoms with Crippen LogP contribution in [-0.2, 0) is 11.3 Å². The molecule has 0 aromatic heterocycles. The fourth-order valence-electron chi connectivity index (χ4n) is 2.77. The van der Waals surface area contributed by atoms with Gasteiger partial charge in [-0.25, -0.2) is 10.2 Å². The Labute approximate surface area is 143 Å². The van der Waals surface area contributed by atoms with Crippen molar-refractivity contribution in [1.29, 1.82) is 0 Å². The maximum atomic E-state index is 11.7. The van der Waals surface area contributed by atoms with Gasteiger partial charge < -0.3 is 21.1 Å². The molecule has 134 valence electrons. The summed E-state index contributed by atoms with van der Waals surface area (Å²) in [6.07, 6.45) is 1.52. The van der Waals surface area contributed by atoms with Gasteiger partial charge >= 0.3 is 6.09 Å². The summed E-state index contributed by atoms with van der Waals surface area (Å²) < 4.78 is 5.23. The van der Waals surface area contributed by atoms with Crippen molar-refractivity contribution in [3.05, 3.63) is 23.8 Å². The molecule has 2 rings (SSSR count). The van der Waals surface area contributed by atoms with E-state index in [9.17, 15) is 4.79 Å². The number of carbonyl (C=O) groups excluding carboxylic acids is 1. The molecule has 1 unspecified atom stereocenters. The van der Waals surface area contributed by atoms with Gasteiger partial charge in [0.05, 0.1) is 11.4 Å². The number of nitrogens with two attached hydrogens (primary N) is 2. The maximum Gasteiger partial charge on any atom is 0.422 e. The molecular weight excluding hydrogens is 306 g/mol. The van der Waals surface area contributed by atoms with Crippen LogP contribution in [0.5, 0.6) is 0 Å². The van der Waals surface area contributed by atoms with Crippen LogP contribution in [0.25, 0.3) is 0 Å². The lowest BCUT2D eigenvalue weighted by Gasteiger charge is -2.35. The second-order valence-electron chi connectivity index (χ2n) is 7.15. The minimum atomic E-state index is -0.512. The van der Waals surface area contributed by atoms with Gasteiger partial charge in [0, 0.05) is 25.7 Å². The van der Waals surface area contributed by atoms with E-state index in [-0.39, 0.29) is 6.04 Å². The molecule has 7 heteroatoms. The normalized spacial score (nSPS) is 18.3. The minimum Gasteiger partial charge on any atom is -0.443 e. The van der Waals surface area contributed by atoms with Gasteiger partial charge in [0.25, 0.3) is 0 Å². The van der Waals surface area contributed by atoms with E-state index >= 15 is 0 Å². The van der Waals surface area contributed by atoms with Crippen LogP contribution in [0.3, 0.4) is 0 Å². The molecule has 6 N–H and O–H groups in total. The van der Waals surface area contributed by atoms with Crippen LogP contribution in [0.15, 0.2) is 18.2 Å². The molecule has 1 aliphatic heterocycles.